The zero-order chi connectivity index (χ0) is 20.3. The SMILES string of the molecule is CCCn1c(=NC(=O)c2cc(OC)c(OC)c(OC)c2)sc2cc(F)ccc21. The van der Waals surface area contributed by atoms with Crippen molar-refractivity contribution < 1.29 is 23.4 Å². The lowest BCUT2D eigenvalue weighted by Gasteiger charge is -2.12. The number of aryl methyl sites for hydroxylation is 1. The minimum absolute atomic E-state index is 0.307. The molecule has 0 unspecified atom stereocenters. The molecule has 2 aromatic carbocycles. The number of hydrogen-bond acceptors (Lipinski definition) is 5. The summed E-state index contributed by atoms with van der Waals surface area (Å²) in [5.74, 6) is 0.386. The first-order valence-electron chi connectivity index (χ1n) is 8.70. The highest BCUT2D eigenvalue weighted by Crippen LogP contribution is 2.38. The zero-order valence-electron chi connectivity index (χ0n) is 16.1. The fourth-order valence-electron chi connectivity index (χ4n) is 2.93. The first-order chi connectivity index (χ1) is 13.5. The van der Waals surface area contributed by atoms with E-state index in [1.807, 2.05) is 11.5 Å². The van der Waals surface area contributed by atoms with E-state index in [1.165, 1.54) is 44.8 Å². The van der Waals surface area contributed by atoms with Crippen molar-refractivity contribution in [3.63, 3.8) is 0 Å². The Morgan fingerprint density at radius 1 is 1.11 bits per heavy atom. The van der Waals surface area contributed by atoms with Gasteiger partial charge in [-0.1, -0.05) is 18.3 Å². The number of ether oxygens (including phenoxy) is 3. The smallest absolute Gasteiger partial charge is 0.279 e. The average Bonchev–Trinajstić information content (AvgIpc) is 3.02. The highest BCUT2D eigenvalue weighted by Gasteiger charge is 2.17. The Labute approximate surface area is 165 Å². The third-order valence-electron chi connectivity index (χ3n) is 4.20. The molecule has 0 bridgehead atoms. The Morgan fingerprint density at radius 2 is 1.79 bits per heavy atom. The molecule has 0 saturated carbocycles. The normalized spacial score (nSPS) is 11.7. The maximum atomic E-state index is 13.6. The van der Waals surface area contributed by atoms with Crippen LogP contribution in [0.4, 0.5) is 4.39 Å². The van der Waals surface area contributed by atoms with Gasteiger partial charge in [0.25, 0.3) is 5.91 Å². The van der Waals surface area contributed by atoms with E-state index in [0.717, 1.165) is 16.6 Å². The topological polar surface area (TPSA) is 62.1 Å². The number of halogens is 1. The number of carbonyl (C=O) groups excluding carboxylic acids is 1. The highest BCUT2D eigenvalue weighted by molar-refractivity contribution is 7.16. The number of rotatable bonds is 6. The molecule has 1 aromatic heterocycles. The summed E-state index contributed by atoms with van der Waals surface area (Å²) < 4.78 is 32.1. The Morgan fingerprint density at radius 3 is 2.36 bits per heavy atom. The molecule has 0 atom stereocenters. The molecule has 3 aromatic rings. The summed E-state index contributed by atoms with van der Waals surface area (Å²) in [5, 5.41) is 0. The second kappa shape index (κ2) is 8.43. The number of thiazole rings is 1. The summed E-state index contributed by atoms with van der Waals surface area (Å²) in [6, 6.07) is 7.69. The Balaban J connectivity index is 2.14. The Bertz CT molecular complexity index is 1060. The van der Waals surface area contributed by atoms with E-state index in [9.17, 15) is 9.18 Å². The number of nitrogens with zero attached hydrogens (tertiary/aromatic N) is 2. The summed E-state index contributed by atoms with van der Waals surface area (Å²) in [6.07, 6.45) is 0.856. The lowest BCUT2D eigenvalue weighted by atomic mass is 10.1. The van der Waals surface area contributed by atoms with Gasteiger partial charge in [-0.2, -0.15) is 4.99 Å². The van der Waals surface area contributed by atoms with E-state index in [2.05, 4.69) is 4.99 Å². The zero-order valence-corrected chi connectivity index (χ0v) is 16.9. The van der Waals surface area contributed by atoms with E-state index in [1.54, 1.807) is 18.2 Å². The van der Waals surface area contributed by atoms with Gasteiger partial charge < -0.3 is 18.8 Å². The molecule has 3 rings (SSSR count). The molecule has 1 heterocycles. The maximum Gasteiger partial charge on any atom is 0.279 e. The van der Waals surface area contributed by atoms with E-state index < -0.39 is 5.91 Å². The molecule has 6 nitrogen and oxygen atoms in total. The molecule has 0 spiro atoms. The predicted molar refractivity (Wildman–Crippen MR) is 106 cm³/mol. The third kappa shape index (κ3) is 3.73. The summed E-state index contributed by atoms with van der Waals surface area (Å²) in [4.78, 5) is 17.7. The van der Waals surface area contributed by atoms with Crippen LogP contribution < -0.4 is 19.0 Å². The summed E-state index contributed by atoms with van der Waals surface area (Å²) in [6.45, 7) is 2.71. The molecule has 148 valence electrons. The van der Waals surface area contributed by atoms with Crippen LogP contribution in [0.25, 0.3) is 10.2 Å². The van der Waals surface area contributed by atoms with Crippen LogP contribution in [0.1, 0.15) is 23.7 Å². The van der Waals surface area contributed by atoms with Gasteiger partial charge in [0.1, 0.15) is 5.82 Å². The highest BCUT2D eigenvalue weighted by atomic mass is 32.1. The Hall–Kier alpha value is -2.87. The number of benzene rings is 2. The number of aromatic nitrogens is 1. The van der Waals surface area contributed by atoms with Crippen LogP contribution in [0.2, 0.25) is 0 Å². The van der Waals surface area contributed by atoms with Crippen molar-refractivity contribution in [2.24, 2.45) is 4.99 Å². The van der Waals surface area contributed by atoms with Gasteiger partial charge in [-0.25, -0.2) is 4.39 Å². The number of amides is 1. The van der Waals surface area contributed by atoms with Crippen LogP contribution in [0.3, 0.4) is 0 Å². The standard InChI is InChI=1S/C20H21FN2O4S/c1-5-8-23-14-7-6-13(21)11-17(14)28-20(23)22-19(24)12-9-15(25-2)18(27-4)16(10-12)26-3/h6-7,9-11H,5,8H2,1-4H3. The average molecular weight is 404 g/mol. The Kier molecular flexibility index (Phi) is 5.99. The van der Waals surface area contributed by atoms with Crippen molar-refractivity contribution in [1.29, 1.82) is 0 Å². The summed E-state index contributed by atoms with van der Waals surface area (Å²) in [5.41, 5.74) is 1.16. The molecule has 0 aliphatic rings. The van der Waals surface area contributed by atoms with Crippen molar-refractivity contribution in [3.05, 3.63) is 46.5 Å². The molecule has 0 saturated heterocycles. The maximum absolute atomic E-state index is 13.6. The second-order valence-electron chi connectivity index (χ2n) is 5.98. The second-order valence-corrected chi connectivity index (χ2v) is 6.99. The van der Waals surface area contributed by atoms with E-state index in [4.69, 9.17) is 14.2 Å². The molecule has 0 radical (unpaired) electrons. The van der Waals surface area contributed by atoms with Crippen molar-refractivity contribution >= 4 is 27.5 Å². The molecular weight excluding hydrogens is 383 g/mol. The molecular formula is C20H21FN2O4S. The molecule has 8 heteroatoms. The number of methoxy groups -OCH3 is 3. The first-order valence-corrected chi connectivity index (χ1v) is 9.52. The van der Waals surface area contributed by atoms with Crippen molar-refractivity contribution in [3.8, 4) is 17.2 Å². The van der Waals surface area contributed by atoms with Crippen LogP contribution in [0.5, 0.6) is 17.2 Å². The van der Waals surface area contributed by atoms with Crippen molar-refractivity contribution in [2.75, 3.05) is 21.3 Å². The molecule has 1 amide bonds. The van der Waals surface area contributed by atoms with E-state index in [-0.39, 0.29) is 5.82 Å². The fraction of sp³-hybridized carbons (Fsp3) is 0.300. The van der Waals surface area contributed by atoms with Gasteiger partial charge in [-0.3, -0.25) is 4.79 Å². The van der Waals surface area contributed by atoms with Crippen molar-refractivity contribution in [2.45, 2.75) is 19.9 Å². The number of fused-ring (bicyclic) bond motifs is 1. The minimum Gasteiger partial charge on any atom is -0.493 e. The predicted octanol–water partition coefficient (Wildman–Crippen LogP) is 4.02. The molecule has 28 heavy (non-hydrogen) atoms. The van der Waals surface area contributed by atoms with Crippen LogP contribution >= 0.6 is 11.3 Å². The van der Waals surface area contributed by atoms with Crippen molar-refractivity contribution in [1.82, 2.24) is 4.57 Å². The van der Waals surface area contributed by atoms with Gasteiger partial charge >= 0.3 is 0 Å². The molecule has 0 aliphatic heterocycles. The number of carbonyl (C=O) groups is 1. The van der Waals surface area contributed by atoms with Crippen LogP contribution in [0, 0.1) is 5.82 Å². The van der Waals surface area contributed by atoms with Gasteiger partial charge in [0.05, 0.1) is 31.5 Å². The summed E-state index contributed by atoms with van der Waals surface area (Å²) >= 11 is 1.28. The van der Waals surface area contributed by atoms with E-state index >= 15 is 0 Å². The van der Waals surface area contributed by atoms with Gasteiger partial charge in [-0.15, -0.1) is 0 Å². The quantitative estimate of drug-likeness (QED) is 0.623. The lowest BCUT2D eigenvalue weighted by molar-refractivity contribution is 0.0997. The minimum atomic E-state index is -0.448. The molecule has 0 fully saturated rings. The monoisotopic (exact) mass is 404 g/mol. The lowest BCUT2D eigenvalue weighted by Crippen LogP contribution is -2.17. The van der Waals surface area contributed by atoms with E-state index in [0.29, 0.717) is 34.2 Å². The van der Waals surface area contributed by atoms with Crippen LogP contribution in [0.15, 0.2) is 35.3 Å². The molecule has 0 aliphatic carbocycles. The fourth-order valence-corrected chi connectivity index (χ4v) is 4.01. The third-order valence-corrected chi connectivity index (χ3v) is 5.24. The van der Waals surface area contributed by atoms with Crippen LogP contribution in [-0.2, 0) is 6.54 Å². The number of hydrogen-bond donors (Lipinski definition) is 0. The van der Waals surface area contributed by atoms with Crippen LogP contribution in [-0.4, -0.2) is 31.8 Å². The summed E-state index contributed by atoms with van der Waals surface area (Å²) in [7, 11) is 4.47. The van der Waals surface area contributed by atoms with Gasteiger partial charge in [-0.05, 0) is 36.8 Å². The molecule has 0 N–H and O–H groups in total. The first kappa shape index (κ1) is 19.9. The van der Waals surface area contributed by atoms with Gasteiger partial charge in [0.15, 0.2) is 16.3 Å². The van der Waals surface area contributed by atoms with Gasteiger partial charge in [0, 0.05) is 12.1 Å². The largest absolute Gasteiger partial charge is 0.493 e. The van der Waals surface area contributed by atoms with Gasteiger partial charge in [0.2, 0.25) is 5.75 Å².